The van der Waals surface area contributed by atoms with Crippen molar-refractivity contribution in [2.75, 3.05) is 31.7 Å². The standard InChI is InChI=1S/C11H19N5O2/c1-9-13-5-3-11(14-9)16(7-8-18-2)6-4-10(12)15-17/h3,5,17H,4,6-8H2,1-2H3,(H2,12,15). The van der Waals surface area contributed by atoms with Crippen molar-refractivity contribution < 1.29 is 9.94 Å². The van der Waals surface area contributed by atoms with Gasteiger partial charge >= 0.3 is 0 Å². The highest BCUT2D eigenvalue weighted by Gasteiger charge is 2.09. The second kappa shape index (κ2) is 7.44. The molecule has 0 aliphatic heterocycles. The summed E-state index contributed by atoms with van der Waals surface area (Å²) in [5.41, 5.74) is 5.47. The van der Waals surface area contributed by atoms with Gasteiger partial charge in [0.05, 0.1) is 6.61 Å². The molecule has 7 nitrogen and oxygen atoms in total. The van der Waals surface area contributed by atoms with Crippen LogP contribution in [0.15, 0.2) is 17.4 Å². The molecule has 0 aliphatic carbocycles. The Labute approximate surface area is 106 Å². The van der Waals surface area contributed by atoms with E-state index in [1.54, 1.807) is 13.3 Å². The van der Waals surface area contributed by atoms with Crippen LogP contribution in [0.4, 0.5) is 5.82 Å². The van der Waals surface area contributed by atoms with Crippen LogP contribution < -0.4 is 10.6 Å². The van der Waals surface area contributed by atoms with Crippen LogP contribution >= 0.6 is 0 Å². The number of aryl methyl sites for hydroxylation is 1. The fraction of sp³-hybridized carbons (Fsp3) is 0.545. The van der Waals surface area contributed by atoms with Crippen molar-refractivity contribution in [1.29, 1.82) is 0 Å². The first-order chi connectivity index (χ1) is 8.67. The van der Waals surface area contributed by atoms with Gasteiger partial charge in [0.1, 0.15) is 17.5 Å². The monoisotopic (exact) mass is 253 g/mol. The minimum Gasteiger partial charge on any atom is -0.409 e. The Bertz CT molecular complexity index is 397. The van der Waals surface area contributed by atoms with E-state index in [4.69, 9.17) is 15.7 Å². The average molecular weight is 253 g/mol. The van der Waals surface area contributed by atoms with E-state index in [1.165, 1.54) is 0 Å². The van der Waals surface area contributed by atoms with Crippen LogP contribution in [0.1, 0.15) is 12.2 Å². The van der Waals surface area contributed by atoms with Crippen molar-refractivity contribution in [3.63, 3.8) is 0 Å². The maximum Gasteiger partial charge on any atom is 0.140 e. The van der Waals surface area contributed by atoms with Gasteiger partial charge in [-0.1, -0.05) is 5.16 Å². The molecule has 1 rings (SSSR count). The summed E-state index contributed by atoms with van der Waals surface area (Å²) in [4.78, 5) is 10.4. The molecular formula is C11H19N5O2. The van der Waals surface area contributed by atoms with E-state index in [2.05, 4.69) is 15.1 Å². The van der Waals surface area contributed by atoms with Crippen molar-refractivity contribution in [3.05, 3.63) is 18.1 Å². The molecule has 0 aliphatic rings. The first kappa shape index (κ1) is 14.2. The third-order valence-corrected chi connectivity index (χ3v) is 2.42. The number of hydrogen-bond donors (Lipinski definition) is 2. The van der Waals surface area contributed by atoms with Gasteiger partial charge in [0, 0.05) is 32.8 Å². The molecule has 0 aromatic carbocycles. The molecule has 0 radical (unpaired) electrons. The molecule has 0 saturated carbocycles. The maximum atomic E-state index is 8.53. The fourth-order valence-electron chi connectivity index (χ4n) is 1.46. The summed E-state index contributed by atoms with van der Waals surface area (Å²) >= 11 is 0. The first-order valence-electron chi connectivity index (χ1n) is 5.67. The third kappa shape index (κ3) is 4.54. The summed E-state index contributed by atoms with van der Waals surface area (Å²) in [6, 6.07) is 1.83. The Morgan fingerprint density at radius 1 is 1.56 bits per heavy atom. The summed E-state index contributed by atoms with van der Waals surface area (Å²) in [6.07, 6.45) is 2.17. The Morgan fingerprint density at radius 3 is 2.94 bits per heavy atom. The summed E-state index contributed by atoms with van der Waals surface area (Å²) in [6.45, 7) is 3.71. The van der Waals surface area contributed by atoms with Gasteiger partial charge in [-0.15, -0.1) is 0 Å². The molecule has 7 heteroatoms. The molecule has 0 spiro atoms. The number of nitrogens with two attached hydrogens (primary N) is 1. The predicted octanol–water partition coefficient (Wildman–Crippen LogP) is 0.374. The number of hydrogen-bond acceptors (Lipinski definition) is 6. The molecular weight excluding hydrogens is 234 g/mol. The van der Waals surface area contributed by atoms with Crippen LogP contribution in [0.3, 0.4) is 0 Å². The van der Waals surface area contributed by atoms with Crippen molar-refractivity contribution in [2.24, 2.45) is 10.9 Å². The van der Waals surface area contributed by atoms with Crippen LogP contribution in [0.5, 0.6) is 0 Å². The van der Waals surface area contributed by atoms with Crippen molar-refractivity contribution in [2.45, 2.75) is 13.3 Å². The molecule has 0 bridgehead atoms. The molecule has 0 atom stereocenters. The van der Waals surface area contributed by atoms with Crippen LogP contribution in [0.25, 0.3) is 0 Å². The van der Waals surface area contributed by atoms with Gasteiger partial charge in [-0.2, -0.15) is 0 Å². The van der Waals surface area contributed by atoms with Crippen molar-refractivity contribution in [3.8, 4) is 0 Å². The minimum atomic E-state index is 0.197. The molecule has 0 fully saturated rings. The lowest BCUT2D eigenvalue weighted by Crippen LogP contribution is -2.32. The lowest BCUT2D eigenvalue weighted by atomic mass is 10.3. The van der Waals surface area contributed by atoms with Gasteiger partial charge in [-0.05, 0) is 13.0 Å². The zero-order valence-electron chi connectivity index (χ0n) is 10.7. The Balaban J connectivity index is 2.71. The number of ether oxygens (including phenoxy) is 1. The third-order valence-electron chi connectivity index (χ3n) is 2.42. The summed E-state index contributed by atoms with van der Waals surface area (Å²) in [5.74, 6) is 1.71. The lowest BCUT2D eigenvalue weighted by molar-refractivity contribution is 0.205. The number of oxime groups is 1. The minimum absolute atomic E-state index is 0.197. The number of rotatable bonds is 7. The number of methoxy groups -OCH3 is 1. The summed E-state index contributed by atoms with van der Waals surface area (Å²) in [5, 5.41) is 11.5. The van der Waals surface area contributed by atoms with Gasteiger partial charge in [-0.3, -0.25) is 0 Å². The lowest BCUT2D eigenvalue weighted by Gasteiger charge is -2.23. The van der Waals surface area contributed by atoms with E-state index in [0.29, 0.717) is 31.9 Å². The van der Waals surface area contributed by atoms with E-state index in [1.807, 2.05) is 17.9 Å². The highest BCUT2D eigenvalue weighted by atomic mass is 16.5. The molecule has 0 unspecified atom stereocenters. The second-order valence-corrected chi connectivity index (χ2v) is 3.78. The van der Waals surface area contributed by atoms with Gasteiger partial charge in [0.15, 0.2) is 0 Å². The van der Waals surface area contributed by atoms with Crippen molar-refractivity contribution in [1.82, 2.24) is 9.97 Å². The van der Waals surface area contributed by atoms with Gasteiger partial charge in [0.25, 0.3) is 0 Å². The number of nitrogens with zero attached hydrogens (tertiary/aromatic N) is 4. The fourth-order valence-corrected chi connectivity index (χ4v) is 1.46. The van der Waals surface area contributed by atoms with E-state index in [9.17, 15) is 0 Å². The average Bonchev–Trinajstić information content (AvgIpc) is 2.38. The zero-order valence-corrected chi connectivity index (χ0v) is 10.7. The van der Waals surface area contributed by atoms with Gasteiger partial charge in [0.2, 0.25) is 0 Å². The first-order valence-corrected chi connectivity index (χ1v) is 5.67. The van der Waals surface area contributed by atoms with Gasteiger partial charge in [-0.25, -0.2) is 9.97 Å². The van der Waals surface area contributed by atoms with Crippen LogP contribution in [0.2, 0.25) is 0 Å². The Morgan fingerprint density at radius 2 is 2.33 bits per heavy atom. The normalized spacial score (nSPS) is 11.6. The Hall–Kier alpha value is -1.89. The highest BCUT2D eigenvalue weighted by molar-refractivity contribution is 5.80. The number of aromatic nitrogens is 2. The molecule has 3 N–H and O–H groups in total. The van der Waals surface area contributed by atoms with E-state index in [0.717, 1.165) is 5.82 Å². The summed E-state index contributed by atoms with van der Waals surface area (Å²) < 4.78 is 5.06. The Kier molecular flexibility index (Phi) is 5.86. The quantitative estimate of drug-likeness (QED) is 0.315. The molecule has 1 aromatic rings. The molecule has 1 aromatic heterocycles. The molecule has 100 valence electrons. The smallest absolute Gasteiger partial charge is 0.140 e. The second-order valence-electron chi connectivity index (χ2n) is 3.78. The SMILES string of the molecule is COCCN(CCC(N)=NO)c1ccnc(C)n1. The predicted molar refractivity (Wildman–Crippen MR) is 68.9 cm³/mol. The van der Waals surface area contributed by atoms with E-state index < -0.39 is 0 Å². The molecule has 0 amide bonds. The van der Waals surface area contributed by atoms with Crippen LogP contribution in [-0.2, 0) is 4.74 Å². The van der Waals surface area contributed by atoms with Gasteiger partial charge < -0.3 is 20.6 Å². The van der Waals surface area contributed by atoms with Crippen LogP contribution in [-0.4, -0.2) is 47.8 Å². The van der Waals surface area contributed by atoms with Crippen molar-refractivity contribution >= 4 is 11.7 Å². The summed E-state index contributed by atoms with van der Waals surface area (Å²) in [7, 11) is 1.65. The largest absolute Gasteiger partial charge is 0.409 e. The number of amidine groups is 1. The maximum absolute atomic E-state index is 8.53. The highest BCUT2D eigenvalue weighted by Crippen LogP contribution is 2.10. The zero-order chi connectivity index (χ0) is 13.4. The molecule has 1 heterocycles. The molecule has 18 heavy (non-hydrogen) atoms. The topological polar surface area (TPSA) is 96.9 Å². The van der Waals surface area contributed by atoms with E-state index >= 15 is 0 Å². The van der Waals surface area contributed by atoms with E-state index in [-0.39, 0.29) is 5.84 Å². The number of anilines is 1. The molecule has 0 saturated heterocycles. The van der Waals surface area contributed by atoms with Crippen LogP contribution in [0, 0.1) is 6.92 Å².